The third kappa shape index (κ3) is 4.67. The number of anilines is 1. The summed E-state index contributed by atoms with van der Waals surface area (Å²) in [6.07, 6.45) is 3.67. The van der Waals surface area contributed by atoms with Crippen LogP contribution in [0.5, 0.6) is 5.75 Å². The zero-order valence-corrected chi connectivity index (χ0v) is 19.4. The summed E-state index contributed by atoms with van der Waals surface area (Å²) in [7, 11) is -2.21. The molecule has 3 aromatic rings. The van der Waals surface area contributed by atoms with E-state index in [0.717, 1.165) is 29.8 Å². The minimum Gasteiger partial charge on any atom is -0.495 e. The number of rotatable bonds is 8. The summed E-state index contributed by atoms with van der Waals surface area (Å²) in [4.78, 5) is 17.3. The second-order valence-electron chi connectivity index (χ2n) is 7.97. The van der Waals surface area contributed by atoms with Crippen LogP contribution < -0.4 is 14.8 Å². The Balaban J connectivity index is 1.51. The number of benzene rings is 1. The van der Waals surface area contributed by atoms with E-state index < -0.39 is 10.0 Å². The van der Waals surface area contributed by atoms with Crippen LogP contribution in [0.25, 0.3) is 5.65 Å². The van der Waals surface area contributed by atoms with Gasteiger partial charge in [0, 0.05) is 23.9 Å². The molecule has 11 heteroatoms. The standard InChI is InChI=1S/C22H24N6O4S/c1-13-18(14(2)28-22(25-13)15(11-23)12-24-28)7-9-21(29)26-19-10-17(6-8-20(19)32-3)33(30,31)27-16-4-5-16/h6,8,10,12,16,27H,4-5,7,9H2,1-3H3,(H,26,29). The number of ether oxygens (including phenoxy) is 1. The zero-order chi connectivity index (χ0) is 23.8. The Morgan fingerprint density at radius 2 is 2.09 bits per heavy atom. The number of methoxy groups -OCH3 is 1. The number of carbonyl (C=O) groups is 1. The van der Waals surface area contributed by atoms with E-state index >= 15 is 0 Å². The average Bonchev–Trinajstić information content (AvgIpc) is 3.48. The zero-order valence-electron chi connectivity index (χ0n) is 18.5. The molecule has 1 aliphatic rings. The predicted octanol–water partition coefficient (Wildman–Crippen LogP) is 2.24. The molecule has 10 nitrogen and oxygen atoms in total. The molecule has 0 unspecified atom stereocenters. The summed E-state index contributed by atoms with van der Waals surface area (Å²) in [6.45, 7) is 3.70. The Morgan fingerprint density at radius 3 is 2.76 bits per heavy atom. The average molecular weight is 469 g/mol. The summed E-state index contributed by atoms with van der Waals surface area (Å²) in [5, 5.41) is 16.2. The second-order valence-corrected chi connectivity index (χ2v) is 9.69. The van der Waals surface area contributed by atoms with Gasteiger partial charge >= 0.3 is 0 Å². The predicted molar refractivity (Wildman–Crippen MR) is 120 cm³/mol. The van der Waals surface area contributed by atoms with Crippen LogP contribution in [0.15, 0.2) is 29.3 Å². The van der Waals surface area contributed by atoms with Gasteiger partial charge in [0.05, 0.1) is 23.9 Å². The van der Waals surface area contributed by atoms with Crippen LogP contribution >= 0.6 is 0 Å². The highest BCUT2D eigenvalue weighted by atomic mass is 32.2. The van der Waals surface area contributed by atoms with E-state index in [-0.39, 0.29) is 29.0 Å². The molecule has 0 aliphatic heterocycles. The first-order valence-electron chi connectivity index (χ1n) is 10.5. The van der Waals surface area contributed by atoms with E-state index in [0.29, 0.717) is 23.4 Å². The lowest BCUT2D eigenvalue weighted by Gasteiger charge is -2.14. The lowest BCUT2D eigenvalue weighted by atomic mass is 10.1. The second kappa shape index (κ2) is 8.80. The van der Waals surface area contributed by atoms with E-state index in [1.54, 1.807) is 4.52 Å². The van der Waals surface area contributed by atoms with Gasteiger partial charge in [-0.1, -0.05) is 0 Å². The van der Waals surface area contributed by atoms with Gasteiger partial charge in [-0.3, -0.25) is 4.79 Å². The van der Waals surface area contributed by atoms with E-state index in [2.05, 4.69) is 26.2 Å². The van der Waals surface area contributed by atoms with Gasteiger partial charge < -0.3 is 10.1 Å². The molecule has 1 fully saturated rings. The minimum absolute atomic E-state index is 0.0217. The van der Waals surface area contributed by atoms with Gasteiger partial charge in [0.2, 0.25) is 15.9 Å². The molecule has 1 aliphatic carbocycles. The van der Waals surface area contributed by atoms with Crippen LogP contribution in [-0.2, 0) is 21.2 Å². The Morgan fingerprint density at radius 1 is 1.33 bits per heavy atom. The fourth-order valence-electron chi connectivity index (χ4n) is 3.64. The van der Waals surface area contributed by atoms with Crippen LogP contribution in [0.4, 0.5) is 5.69 Å². The van der Waals surface area contributed by atoms with Gasteiger partial charge in [0.1, 0.15) is 17.4 Å². The van der Waals surface area contributed by atoms with Crippen molar-refractivity contribution in [1.82, 2.24) is 19.3 Å². The summed E-state index contributed by atoms with van der Waals surface area (Å²) >= 11 is 0. The number of nitrogens with zero attached hydrogens (tertiary/aromatic N) is 4. The molecule has 0 atom stereocenters. The highest BCUT2D eigenvalue weighted by Crippen LogP contribution is 2.29. The summed E-state index contributed by atoms with van der Waals surface area (Å²) in [6, 6.07) is 6.42. The molecule has 172 valence electrons. The van der Waals surface area contributed by atoms with E-state index in [9.17, 15) is 18.5 Å². The number of carbonyl (C=O) groups excluding carboxylic acids is 1. The van der Waals surface area contributed by atoms with Gasteiger partial charge in [0.25, 0.3) is 0 Å². The van der Waals surface area contributed by atoms with E-state index in [1.165, 1.54) is 31.5 Å². The largest absolute Gasteiger partial charge is 0.495 e. The van der Waals surface area contributed by atoms with Crippen molar-refractivity contribution >= 4 is 27.3 Å². The third-order valence-electron chi connectivity index (χ3n) is 5.59. The van der Waals surface area contributed by atoms with Crippen molar-refractivity contribution < 1.29 is 17.9 Å². The summed E-state index contributed by atoms with van der Waals surface area (Å²) < 4.78 is 34.6. The molecule has 33 heavy (non-hydrogen) atoms. The van der Waals surface area contributed by atoms with Gasteiger partial charge in [-0.2, -0.15) is 10.4 Å². The molecule has 0 saturated heterocycles. The molecule has 2 N–H and O–H groups in total. The molecule has 0 radical (unpaired) electrons. The molecule has 0 bridgehead atoms. The maximum Gasteiger partial charge on any atom is 0.240 e. The summed E-state index contributed by atoms with van der Waals surface area (Å²) in [5.74, 6) is 0.0693. The fourth-order valence-corrected chi connectivity index (χ4v) is 4.97. The Labute approximate surface area is 191 Å². The lowest BCUT2D eigenvalue weighted by Crippen LogP contribution is -2.26. The SMILES string of the molecule is COc1ccc(S(=O)(=O)NC2CC2)cc1NC(=O)CCc1c(C)nc2c(C#N)cnn2c1C. The van der Waals surface area contributed by atoms with Crippen LogP contribution in [0.1, 0.15) is 41.8 Å². The van der Waals surface area contributed by atoms with Crippen molar-refractivity contribution in [2.24, 2.45) is 0 Å². The van der Waals surface area contributed by atoms with Crippen molar-refractivity contribution in [3.8, 4) is 11.8 Å². The Bertz CT molecular complexity index is 1390. The molecule has 1 aromatic carbocycles. The quantitative estimate of drug-likeness (QED) is 0.517. The van der Waals surface area contributed by atoms with Crippen LogP contribution in [0.3, 0.4) is 0 Å². The normalized spacial score (nSPS) is 13.6. The first-order chi connectivity index (χ1) is 15.7. The summed E-state index contributed by atoms with van der Waals surface area (Å²) in [5.41, 5.74) is 3.56. The lowest BCUT2D eigenvalue weighted by molar-refractivity contribution is -0.116. The molecule has 1 amide bonds. The molecule has 2 aromatic heterocycles. The number of amides is 1. The van der Waals surface area contributed by atoms with Crippen molar-refractivity contribution in [3.05, 3.63) is 46.9 Å². The third-order valence-corrected chi connectivity index (χ3v) is 7.10. The van der Waals surface area contributed by atoms with Gasteiger partial charge in [-0.25, -0.2) is 22.6 Å². The maximum atomic E-state index is 12.7. The molecular formula is C22H24N6O4S. The number of nitrogens with one attached hydrogen (secondary N) is 2. The maximum absolute atomic E-state index is 12.7. The van der Waals surface area contributed by atoms with E-state index in [1.807, 2.05) is 13.8 Å². The molecule has 0 spiro atoms. The molecular weight excluding hydrogens is 444 g/mol. The smallest absolute Gasteiger partial charge is 0.240 e. The Kier molecular flexibility index (Phi) is 6.05. The number of nitriles is 1. The van der Waals surface area contributed by atoms with Crippen LogP contribution in [-0.4, -0.2) is 42.1 Å². The van der Waals surface area contributed by atoms with Gasteiger partial charge in [-0.05, 0) is 56.9 Å². The monoisotopic (exact) mass is 468 g/mol. The number of hydrogen-bond donors (Lipinski definition) is 2. The fraction of sp³-hybridized carbons (Fsp3) is 0.364. The van der Waals surface area contributed by atoms with Crippen molar-refractivity contribution in [1.29, 1.82) is 5.26 Å². The van der Waals surface area contributed by atoms with Crippen LogP contribution in [0, 0.1) is 25.2 Å². The molecule has 4 rings (SSSR count). The topological polar surface area (TPSA) is 138 Å². The highest BCUT2D eigenvalue weighted by Gasteiger charge is 2.28. The number of aryl methyl sites for hydroxylation is 2. The Hall–Kier alpha value is -3.49. The highest BCUT2D eigenvalue weighted by molar-refractivity contribution is 7.89. The first kappa shape index (κ1) is 22.7. The van der Waals surface area contributed by atoms with Gasteiger partial charge in [-0.15, -0.1) is 0 Å². The van der Waals surface area contributed by atoms with Crippen molar-refractivity contribution in [3.63, 3.8) is 0 Å². The minimum atomic E-state index is -3.67. The number of aromatic nitrogens is 3. The van der Waals surface area contributed by atoms with Crippen molar-refractivity contribution in [2.75, 3.05) is 12.4 Å². The number of fused-ring (bicyclic) bond motifs is 1. The van der Waals surface area contributed by atoms with Crippen molar-refractivity contribution in [2.45, 2.75) is 50.5 Å². The molecule has 2 heterocycles. The van der Waals surface area contributed by atoms with Crippen LogP contribution in [0.2, 0.25) is 0 Å². The molecule has 1 saturated carbocycles. The van der Waals surface area contributed by atoms with E-state index in [4.69, 9.17) is 4.74 Å². The first-order valence-corrected chi connectivity index (χ1v) is 12.0. The number of hydrogen-bond acceptors (Lipinski definition) is 7. The van der Waals surface area contributed by atoms with Gasteiger partial charge in [0.15, 0.2) is 5.65 Å². The number of sulfonamides is 1.